The first kappa shape index (κ1) is 13.0. The molecule has 21 heavy (non-hydrogen) atoms. The maximum atomic E-state index is 12.2. The van der Waals surface area contributed by atoms with Crippen LogP contribution in [0.4, 0.5) is 0 Å². The lowest BCUT2D eigenvalue weighted by Crippen LogP contribution is -2.34. The fourth-order valence-corrected chi connectivity index (χ4v) is 2.04. The molecule has 0 radical (unpaired) electrons. The first-order valence-electron chi connectivity index (χ1n) is 6.35. The molecule has 0 aliphatic heterocycles. The average molecular weight is 280 g/mol. The van der Waals surface area contributed by atoms with Crippen LogP contribution in [0.3, 0.4) is 0 Å². The van der Waals surface area contributed by atoms with Crippen molar-refractivity contribution in [2.24, 2.45) is 0 Å². The van der Waals surface area contributed by atoms with Crippen LogP contribution in [-0.4, -0.2) is 20.6 Å². The van der Waals surface area contributed by atoms with E-state index in [9.17, 15) is 9.59 Å². The van der Waals surface area contributed by atoms with Crippen LogP contribution in [0, 0.1) is 6.92 Å². The number of hydrogen-bond donors (Lipinski definition) is 1. The number of nitrogens with one attached hydrogen (secondary N) is 1. The number of nitrogens with zero attached hydrogens (tertiary/aromatic N) is 3. The summed E-state index contributed by atoms with van der Waals surface area (Å²) in [6.07, 6.45) is 4.59. The molecule has 0 aromatic carbocycles. The maximum Gasteiger partial charge on any atom is 0.274 e. The third-order valence-corrected chi connectivity index (χ3v) is 3.08. The van der Waals surface area contributed by atoms with Gasteiger partial charge in [-0.1, -0.05) is 0 Å². The number of pyridine rings is 3. The van der Waals surface area contributed by atoms with Crippen molar-refractivity contribution in [1.82, 2.24) is 14.6 Å². The normalized spacial score (nSPS) is 10.5. The first-order chi connectivity index (χ1) is 10.2. The van der Waals surface area contributed by atoms with E-state index >= 15 is 0 Å². The van der Waals surface area contributed by atoms with Crippen LogP contribution in [0.2, 0.25) is 0 Å². The van der Waals surface area contributed by atoms with Gasteiger partial charge in [0.2, 0.25) is 0 Å². The van der Waals surface area contributed by atoms with Crippen LogP contribution < -0.4 is 11.0 Å². The minimum Gasteiger partial charge on any atom is -0.267 e. The second-order valence-electron chi connectivity index (χ2n) is 4.57. The highest BCUT2D eigenvalue weighted by molar-refractivity contribution is 6.00. The Morgan fingerprint density at radius 1 is 1.24 bits per heavy atom. The third-order valence-electron chi connectivity index (χ3n) is 3.08. The van der Waals surface area contributed by atoms with Gasteiger partial charge in [-0.25, -0.2) is 4.98 Å². The largest absolute Gasteiger partial charge is 0.274 e. The van der Waals surface area contributed by atoms with Gasteiger partial charge in [-0.2, -0.15) is 4.68 Å². The van der Waals surface area contributed by atoms with Crippen molar-refractivity contribution in [3.63, 3.8) is 0 Å². The Morgan fingerprint density at radius 3 is 2.81 bits per heavy atom. The van der Waals surface area contributed by atoms with E-state index in [1.165, 1.54) is 10.9 Å². The lowest BCUT2D eigenvalue weighted by molar-refractivity contribution is 0.101. The summed E-state index contributed by atoms with van der Waals surface area (Å²) in [6.45, 7) is 1.70. The molecule has 0 atom stereocenters. The van der Waals surface area contributed by atoms with E-state index in [1.54, 1.807) is 43.6 Å². The van der Waals surface area contributed by atoms with Gasteiger partial charge in [0.25, 0.3) is 11.5 Å². The molecule has 1 amide bonds. The molecule has 0 spiro atoms. The number of carbonyl (C=O) groups is 1. The van der Waals surface area contributed by atoms with Gasteiger partial charge >= 0.3 is 0 Å². The van der Waals surface area contributed by atoms with E-state index < -0.39 is 5.91 Å². The van der Waals surface area contributed by atoms with Crippen molar-refractivity contribution in [2.45, 2.75) is 6.92 Å². The summed E-state index contributed by atoms with van der Waals surface area (Å²) < 4.78 is 1.17. The molecule has 6 heteroatoms. The fraction of sp³-hybridized carbons (Fsp3) is 0.0667. The molecule has 0 saturated heterocycles. The Kier molecular flexibility index (Phi) is 3.19. The highest BCUT2D eigenvalue weighted by atomic mass is 16.2. The third kappa shape index (κ3) is 2.38. The van der Waals surface area contributed by atoms with Crippen LogP contribution in [0.25, 0.3) is 11.0 Å². The minimum atomic E-state index is -0.414. The van der Waals surface area contributed by atoms with Gasteiger partial charge in [-0.3, -0.25) is 20.0 Å². The van der Waals surface area contributed by atoms with Crippen LogP contribution in [-0.2, 0) is 0 Å². The molecule has 0 fully saturated rings. The molecule has 0 saturated carbocycles. The van der Waals surface area contributed by atoms with Gasteiger partial charge in [0.05, 0.1) is 5.56 Å². The van der Waals surface area contributed by atoms with Crippen molar-refractivity contribution in [3.8, 4) is 0 Å². The molecule has 0 aliphatic rings. The fourth-order valence-electron chi connectivity index (χ4n) is 2.04. The van der Waals surface area contributed by atoms with E-state index in [0.29, 0.717) is 16.8 Å². The number of aryl methyl sites for hydroxylation is 1. The van der Waals surface area contributed by atoms with Crippen LogP contribution >= 0.6 is 0 Å². The molecule has 3 aromatic rings. The van der Waals surface area contributed by atoms with Crippen molar-refractivity contribution < 1.29 is 4.79 Å². The average Bonchev–Trinajstić information content (AvgIpc) is 2.52. The lowest BCUT2D eigenvalue weighted by atomic mass is 10.2. The number of carbonyl (C=O) groups excluding carboxylic acids is 1. The molecule has 3 rings (SSSR count). The zero-order chi connectivity index (χ0) is 14.8. The van der Waals surface area contributed by atoms with Crippen LogP contribution in [0.5, 0.6) is 0 Å². The Morgan fingerprint density at radius 2 is 2.05 bits per heavy atom. The topological polar surface area (TPSA) is 76.9 Å². The number of hydrogen-bond acceptors (Lipinski definition) is 4. The maximum absolute atomic E-state index is 12.2. The summed E-state index contributed by atoms with van der Waals surface area (Å²) in [4.78, 5) is 32.5. The summed E-state index contributed by atoms with van der Waals surface area (Å²) in [5, 5.41) is 0.779. The molecular formula is C15H12N4O2. The summed E-state index contributed by atoms with van der Waals surface area (Å²) in [6, 6.07) is 8.64. The van der Waals surface area contributed by atoms with Gasteiger partial charge in [0.15, 0.2) is 5.65 Å². The highest BCUT2D eigenvalue weighted by Gasteiger charge is 2.11. The smallest absolute Gasteiger partial charge is 0.267 e. The predicted octanol–water partition coefficient (Wildman–Crippen LogP) is 1.48. The highest BCUT2D eigenvalue weighted by Crippen LogP contribution is 2.09. The number of aromatic nitrogens is 3. The second kappa shape index (κ2) is 5.16. The number of fused-ring (bicyclic) bond motifs is 1. The summed E-state index contributed by atoms with van der Waals surface area (Å²) >= 11 is 0. The molecule has 6 nitrogen and oxygen atoms in total. The van der Waals surface area contributed by atoms with Crippen molar-refractivity contribution in [1.29, 1.82) is 0 Å². The molecule has 3 heterocycles. The summed E-state index contributed by atoms with van der Waals surface area (Å²) in [5.74, 6) is -0.414. The van der Waals surface area contributed by atoms with E-state index in [1.807, 2.05) is 6.07 Å². The van der Waals surface area contributed by atoms with E-state index in [2.05, 4.69) is 15.4 Å². The van der Waals surface area contributed by atoms with Crippen LogP contribution in [0.1, 0.15) is 15.9 Å². The SMILES string of the molecule is Cc1cc2cccnc2n(NC(=O)c2cccnc2)c1=O. The molecule has 1 N–H and O–H groups in total. The van der Waals surface area contributed by atoms with Crippen molar-refractivity contribution in [3.05, 3.63) is 70.4 Å². The Balaban J connectivity index is 2.10. The molecule has 0 aliphatic carbocycles. The van der Waals surface area contributed by atoms with Crippen LogP contribution in [0.15, 0.2) is 53.7 Å². The van der Waals surface area contributed by atoms with E-state index in [0.717, 1.165) is 5.39 Å². The van der Waals surface area contributed by atoms with E-state index in [4.69, 9.17) is 0 Å². The zero-order valence-electron chi connectivity index (χ0n) is 11.3. The van der Waals surface area contributed by atoms with Gasteiger partial charge in [-0.15, -0.1) is 0 Å². The molecular weight excluding hydrogens is 268 g/mol. The Bertz CT molecular complexity index is 872. The second-order valence-corrected chi connectivity index (χ2v) is 4.57. The van der Waals surface area contributed by atoms with Crippen molar-refractivity contribution in [2.75, 3.05) is 5.43 Å². The molecule has 3 aromatic heterocycles. The lowest BCUT2D eigenvalue weighted by Gasteiger charge is -2.11. The first-order valence-corrected chi connectivity index (χ1v) is 6.35. The summed E-state index contributed by atoms with van der Waals surface area (Å²) in [5.41, 5.74) is 3.57. The van der Waals surface area contributed by atoms with Gasteiger partial charge in [0.1, 0.15) is 0 Å². The molecule has 104 valence electrons. The molecule has 0 bridgehead atoms. The van der Waals surface area contributed by atoms with Crippen molar-refractivity contribution >= 4 is 16.9 Å². The number of amides is 1. The van der Waals surface area contributed by atoms with Gasteiger partial charge < -0.3 is 0 Å². The standard InChI is InChI=1S/C15H12N4O2/c1-10-8-11-4-3-7-17-13(11)19(15(10)21)18-14(20)12-5-2-6-16-9-12/h2-9H,1H3,(H,18,20). The number of rotatable bonds is 2. The minimum absolute atomic E-state index is 0.307. The van der Waals surface area contributed by atoms with E-state index in [-0.39, 0.29) is 5.56 Å². The monoisotopic (exact) mass is 280 g/mol. The summed E-state index contributed by atoms with van der Waals surface area (Å²) in [7, 11) is 0. The van der Waals surface area contributed by atoms with Gasteiger partial charge in [-0.05, 0) is 37.3 Å². The Labute approximate surface area is 120 Å². The Hall–Kier alpha value is -3.02. The molecule has 0 unspecified atom stereocenters. The quantitative estimate of drug-likeness (QED) is 0.771. The zero-order valence-corrected chi connectivity index (χ0v) is 11.3. The predicted molar refractivity (Wildman–Crippen MR) is 78.7 cm³/mol. The van der Waals surface area contributed by atoms with Gasteiger partial charge in [0, 0.05) is 29.5 Å².